The zero-order valence-corrected chi connectivity index (χ0v) is 13.6. The molecule has 0 bridgehead atoms. The predicted octanol–water partition coefficient (Wildman–Crippen LogP) is 2.56. The quantitative estimate of drug-likeness (QED) is 0.812. The lowest BCUT2D eigenvalue weighted by molar-refractivity contribution is 0.445. The van der Waals surface area contributed by atoms with Crippen molar-refractivity contribution in [1.29, 1.82) is 0 Å². The van der Waals surface area contributed by atoms with Crippen molar-refractivity contribution in [3.8, 4) is 0 Å². The van der Waals surface area contributed by atoms with Gasteiger partial charge in [-0.3, -0.25) is 0 Å². The molecule has 0 amide bonds. The van der Waals surface area contributed by atoms with Crippen LogP contribution in [0.4, 0.5) is 0 Å². The molecule has 5 heteroatoms. The van der Waals surface area contributed by atoms with Crippen molar-refractivity contribution in [2.75, 3.05) is 0 Å². The number of benzene rings is 1. The molecule has 0 saturated heterocycles. The minimum Gasteiger partial charge on any atom is -0.326 e. The summed E-state index contributed by atoms with van der Waals surface area (Å²) in [5.41, 5.74) is 7.23. The molecule has 114 valence electrons. The van der Waals surface area contributed by atoms with Gasteiger partial charge in [-0.15, -0.1) is 0 Å². The first-order valence-electron chi connectivity index (χ1n) is 7.12. The lowest BCUT2D eigenvalue weighted by Crippen LogP contribution is -2.34. The minimum absolute atomic E-state index is 0.0733. The Morgan fingerprint density at radius 3 is 2.50 bits per heavy atom. The van der Waals surface area contributed by atoms with Gasteiger partial charge in [-0.05, 0) is 43.4 Å². The van der Waals surface area contributed by atoms with Crippen LogP contribution >= 0.6 is 0 Å². The van der Waals surface area contributed by atoms with Crippen LogP contribution in [-0.4, -0.2) is 14.5 Å². The van der Waals surface area contributed by atoms with Crippen molar-refractivity contribution in [3.63, 3.8) is 0 Å². The van der Waals surface area contributed by atoms with E-state index in [1.165, 1.54) is 0 Å². The highest BCUT2D eigenvalue weighted by molar-refractivity contribution is 7.89. The van der Waals surface area contributed by atoms with E-state index in [9.17, 15) is 8.42 Å². The molecule has 0 aliphatic heterocycles. The van der Waals surface area contributed by atoms with Gasteiger partial charge in [0.25, 0.3) is 0 Å². The largest absolute Gasteiger partial charge is 0.326 e. The van der Waals surface area contributed by atoms with Crippen molar-refractivity contribution in [2.24, 2.45) is 11.7 Å². The third kappa shape index (κ3) is 4.30. The van der Waals surface area contributed by atoms with E-state index in [2.05, 4.69) is 18.6 Å². The number of nitrogens with one attached hydrogen (secondary N) is 1. The first kappa shape index (κ1) is 17.1. The molecule has 0 spiro atoms. The molecule has 1 aromatic carbocycles. The second kappa shape index (κ2) is 7.20. The van der Waals surface area contributed by atoms with Gasteiger partial charge in [0.15, 0.2) is 0 Å². The second-order valence-electron chi connectivity index (χ2n) is 5.52. The Labute approximate surface area is 122 Å². The van der Waals surface area contributed by atoms with E-state index in [0.29, 0.717) is 17.4 Å². The maximum absolute atomic E-state index is 12.4. The Hall–Kier alpha value is -0.910. The van der Waals surface area contributed by atoms with Crippen LogP contribution in [0, 0.1) is 12.8 Å². The molecule has 1 rings (SSSR count). The Balaban J connectivity index is 2.94. The van der Waals surface area contributed by atoms with Crippen LogP contribution in [0.25, 0.3) is 0 Å². The molecule has 0 saturated carbocycles. The average molecular weight is 298 g/mol. The third-order valence-electron chi connectivity index (χ3n) is 3.71. The summed E-state index contributed by atoms with van der Waals surface area (Å²) in [7, 11) is -3.48. The van der Waals surface area contributed by atoms with Crippen molar-refractivity contribution in [2.45, 2.75) is 58.0 Å². The fourth-order valence-electron chi connectivity index (χ4n) is 2.32. The van der Waals surface area contributed by atoms with Gasteiger partial charge in [0, 0.05) is 12.6 Å². The van der Waals surface area contributed by atoms with Gasteiger partial charge >= 0.3 is 0 Å². The summed E-state index contributed by atoms with van der Waals surface area (Å²) in [6.07, 6.45) is 1.89. The van der Waals surface area contributed by atoms with Gasteiger partial charge in [0.1, 0.15) is 0 Å². The third-order valence-corrected chi connectivity index (χ3v) is 5.45. The van der Waals surface area contributed by atoms with Crippen LogP contribution in [0.1, 0.15) is 44.7 Å². The van der Waals surface area contributed by atoms with Crippen molar-refractivity contribution < 1.29 is 8.42 Å². The average Bonchev–Trinajstić information content (AvgIpc) is 2.37. The van der Waals surface area contributed by atoms with E-state index in [4.69, 9.17) is 5.73 Å². The van der Waals surface area contributed by atoms with E-state index in [-0.39, 0.29) is 6.04 Å². The first-order valence-corrected chi connectivity index (χ1v) is 8.61. The Bertz CT molecular complexity index is 541. The van der Waals surface area contributed by atoms with E-state index < -0.39 is 10.0 Å². The van der Waals surface area contributed by atoms with E-state index in [1.54, 1.807) is 19.1 Å². The normalized spacial score (nSPS) is 15.1. The van der Waals surface area contributed by atoms with Gasteiger partial charge in [0.2, 0.25) is 10.0 Å². The fourth-order valence-corrected chi connectivity index (χ4v) is 3.86. The number of hydrogen-bond acceptors (Lipinski definition) is 3. The summed E-state index contributed by atoms with van der Waals surface area (Å²) >= 11 is 0. The zero-order chi connectivity index (χ0) is 15.3. The molecule has 3 N–H and O–H groups in total. The summed E-state index contributed by atoms with van der Waals surface area (Å²) in [5, 5.41) is 0. The fraction of sp³-hybridized carbons (Fsp3) is 0.600. The first-order chi connectivity index (χ1) is 9.31. The Kier molecular flexibility index (Phi) is 6.17. The van der Waals surface area contributed by atoms with E-state index in [1.807, 2.05) is 13.0 Å². The van der Waals surface area contributed by atoms with Crippen LogP contribution in [0.5, 0.6) is 0 Å². The van der Waals surface area contributed by atoms with Crippen molar-refractivity contribution in [3.05, 3.63) is 29.3 Å². The van der Waals surface area contributed by atoms with Crippen LogP contribution in [0.3, 0.4) is 0 Å². The SMILES string of the molecule is CCC(C)CC(C)NS(=O)(=O)c1cccc(CN)c1C. The van der Waals surface area contributed by atoms with Gasteiger partial charge in [0.05, 0.1) is 4.90 Å². The summed E-state index contributed by atoms with van der Waals surface area (Å²) in [6, 6.07) is 5.16. The van der Waals surface area contributed by atoms with Gasteiger partial charge < -0.3 is 5.73 Å². The van der Waals surface area contributed by atoms with Crippen molar-refractivity contribution >= 4 is 10.0 Å². The standard InChI is InChI=1S/C15H26N2O2S/c1-5-11(2)9-12(3)17-20(18,19)15-8-6-7-14(10-16)13(15)4/h6-8,11-12,17H,5,9-10,16H2,1-4H3. The summed E-state index contributed by atoms with van der Waals surface area (Å²) in [5.74, 6) is 0.504. The number of nitrogens with two attached hydrogens (primary N) is 1. The lowest BCUT2D eigenvalue weighted by atomic mass is 10.0. The summed E-state index contributed by atoms with van der Waals surface area (Å²) in [4.78, 5) is 0.330. The Morgan fingerprint density at radius 2 is 1.95 bits per heavy atom. The highest BCUT2D eigenvalue weighted by Gasteiger charge is 2.21. The highest BCUT2D eigenvalue weighted by atomic mass is 32.2. The molecule has 2 atom stereocenters. The molecule has 0 radical (unpaired) electrons. The number of sulfonamides is 1. The van der Waals surface area contributed by atoms with Gasteiger partial charge in [-0.25, -0.2) is 13.1 Å². The maximum atomic E-state index is 12.4. The molecule has 2 unspecified atom stereocenters. The monoisotopic (exact) mass is 298 g/mol. The van der Waals surface area contributed by atoms with Crippen LogP contribution in [-0.2, 0) is 16.6 Å². The number of hydrogen-bond donors (Lipinski definition) is 2. The number of rotatable bonds is 7. The highest BCUT2D eigenvalue weighted by Crippen LogP contribution is 2.20. The van der Waals surface area contributed by atoms with E-state index >= 15 is 0 Å². The van der Waals surface area contributed by atoms with Gasteiger partial charge in [-0.1, -0.05) is 32.4 Å². The van der Waals surface area contributed by atoms with Gasteiger partial charge in [-0.2, -0.15) is 0 Å². The molecule has 4 nitrogen and oxygen atoms in total. The molecule has 20 heavy (non-hydrogen) atoms. The molecule has 0 aliphatic rings. The van der Waals surface area contributed by atoms with Crippen LogP contribution in [0.15, 0.2) is 23.1 Å². The van der Waals surface area contributed by atoms with Crippen LogP contribution in [0.2, 0.25) is 0 Å². The second-order valence-corrected chi connectivity index (χ2v) is 7.20. The zero-order valence-electron chi connectivity index (χ0n) is 12.8. The minimum atomic E-state index is -3.48. The lowest BCUT2D eigenvalue weighted by Gasteiger charge is -2.19. The van der Waals surface area contributed by atoms with E-state index in [0.717, 1.165) is 24.0 Å². The summed E-state index contributed by atoms with van der Waals surface area (Å²) in [6.45, 7) is 8.30. The molecular weight excluding hydrogens is 272 g/mol. The van der Waals surface area contributed by atoms with Crippen LogP contribution < -0.4 is 10.5 Å². The topological polar surface area (TPSA) is 72.2 Å². The molecular formula is C15H26N2O2S. The Morgan fingerprint density at radius 1 is 1.30 bits per heavy atom. The smallest absolute Gasteiger partial charge is 0.241 e. The molecule has 0 heterocycles. The molecule has 0 fully saturated rings. The maximum Gasteiger partial charge on any atom is 0.241 e. The molecule has 1 aromatic rings. The predicted molar refractivity (Wildman–Crippen MR) is 82.9 cm³/mol. The molecule has 0 aliphatic carbocycles. The summed E-state index contributed by atoms with van der Waals surface area (Å²) < 4.78 is 27.7. The molecule has 0 aromatic heterocycles. The van der Waals surface area contributed by atoms with Crippen molar-refractivity contribution in [1.82, 2.24) is 4.72 Å².